The van der Waals surface area contributed by atoms with Gasteiger partial charge >= 0.3 is 0 Å². The van der Waals surface area contributed by atoms with Crippen LogP contribution in [-0.2, 0) is 11.8 Å². The predicted octanol–water partition coefficient (Wildman–Crippen LogP) is 5.13. The van der Waals surface area contributed by atoms with Crippen molar-refractivity contribution in [2.24, 2.45) is 7.05 Å². The number of anilines is 1. The molecule has 0 atom stereocenters. The van der Waals surface area contributed by atoms with Crippen LogP contribution in [0.1, 0.15) is 25.3 Å². The molecule has 0 aliphatic heterocycles. The largest absolute Gasteiger partial charge is 0.325 e. The van der Waals surface area contributed by atoms with Crippen LogP contribution in [0.4, 0.5) is 10.1 Å². The first-order valence-corrected chi connectivity index (χ1v) is 10.1. The van der Waals surface area contributed by atoms with Gasteiger partial charge in [-0.1, -0.05) is 61.5 Å². The molecule has 0 fully saturated rings. The van der Waals surface area contributed by atoms with Crippen molar-refractivity contribution in [2.75, 3.05) is 11.1 Å². The van der Waals surface area contributed by atoms with Crippen molar-refractivity contribution >= 4 is 35.0 Å². The maximum absolute atomic E-state index is 13.2. The van der Waals surface area contributed by atoms with Gasteiger partial charge in [-0.2, -0.15) is 0 Å². The summed E-state index contributed by atoms with van der Waals surface area (Å²) in [6.07, 6.45) is 0. The van der Waals surface area contributed by atoms with E-state index in [-0.39, 0.29) is 16.7 Å². The van der Waals surface area contributed by atoms with Gasteiger partial charge in [0.25, 0.3) is 0 Å². The lowest BCUT2D eigenvalue weighted by Crippen LogP contribution is -2.14. The van der Waals surface area contributed by atoms with E-state index in [9.17, 15) is 9.18 Å². The second kappa shape index (κ2) is 8.75. The summed E-state index contributed by atoms with van der Waals surface area (Å²) in [5, 5.41) is 11.7. The van der Waals surface area contributed by atoms with Gasteiger partial charge in [0.15, 0.2) is 11.0 Å². The number of hydrogen-bond acceptors (Lipinski definition) is 4. The Morgan fingerprint density at radius 3 is 2.57 bits per heavy atom. The number of amides is 1. The highest BCUT2D eigenvalue weighted by Gasteiger charge is 2.14. The lowest BCUT2D eigenvalue weighted by molar-refractivity contribution is -0.113. The van der Waals surface area contributed by atoms with Crippen molar-refractivity contribution in [2.45, 2.75) is 24.9 Å². The molecule has 3 aromatic rings. The third-order valence-corrected chi connectivity index (χ3v) is 5.52. The average molecular weight is 419 g/mol. The van der Waals surface area contributed by atoms with Crippen LogP contribution >= 0.6 is 23.4 Å². The molecular weight excluding hydrogens is 399 g/mol. The van der Waals surface area contributed by atoms with E-state index in [0.29, 0.717) is 16.8 Å². The molecule has 146 valence electrons. The minimum Gasteiger partial charge on any atom is -0.325 e. The fourth-order valence-electron chi connectivity index (χ4n) is 2.61. The minimum absolute atomic E-state index is 0.0353. The lowest BCUT2D eigenvalue weighted by Gasteiger charge is -2.08. The molecule has 0 aliphatic carbocycles. The molecular formula is C20H20ClFN4OS. The number of nitrogens with zero attached hydrogens (tertiary/aromatic N) is 3. The molecule has 0 bridgehead atoms. The van der Waals surface area contributed by atoms with Crippen LogP contribution in [-0.4, -0.2) is 26.4 Å². The second-order valence-electron chi connectivity index (χ2n) is 6.61. The molecule has 0 aliphatic rings. The molecule has 3 rings (SSSR count). The van der Waals surface area contributed by atoms with Crippen LogP contribution in [0.3, 0.4) is 0 Å². The van der Waals surface area contributed by atoms with Gasteiger partial charge in [-0.05, 0) is 29.7 Å². The highest BCUT2D eigenvalue weighted by molar-refractivity contribution is 7.99. The smallest absolute Gasteiger partial charge is 0.234 e. The SMILES string of the molecule is CC(C)c1ccc(-c2nnc(SCC(=O)Nc3ccc(F)c(Cl)c3)n2C)cc1. The molecule has 1 heterocycles. The van der Waals surface area contributed by atoms with Crippen molar-refractivity contribution in [3.05, 3.63) is 58.9 Å². The molecule has 8 heteroatoms. The number of thioether (sulfide) groups is 1. The van der Waals surface area contributed by atoms with E-state index in [0.717, 1.165) is 11.4 Å². The number of rotatable bonds is 6. The van der Waals surface area contributed by atoms with Gasteiger partial charge in [0.05, 0.1) is 10.8 Å². The Bertz CT molecular complexity index is 988. The summed E-state index contributed by atoms with van der Waals surface area (Å²) >= 11 is 7.00. The summed E-state index contributed by atoms with van der Waals surface area (Å²) in [4.78, 5) is 12.1. The highest BCUT2D eigenvalue weighted by Crippen LogP contribution is 2.25. The number of carbonyl (C=O) groups excluding carboxylic acids is 1. The maximum Gasteiger partial charge on any atom is 0.234 e. The third kappa shape index (κ3) is 4.72. The molecule has 0 unspecified atom stereocenters. The number of carbonyl (C=O) groups is 1. The van der Waals surface area contributed by atoms with Gasteiger partial charge in [0.1, 0.15) is 5.82 Å². The van der Waals surface area contributed by atoms with Crippen molar-refractivity contribution in [3.8, 4) is 11.4 Å². The molecule has 1 N–H and O–H groups in total. The minimum atomic E-state index is -0.526. The summed E-state index contributed by atoms with van der Waals surface area (Å²) in [5.41, 5.74) is 2.68. The monoisotopic (exact) mass is 418 g/mol. The Morgan fingerprint density at radius 1 is 1.21 bits per heavy atom. The third-order valence-electron chi connectivity index (χ3n) is 4.21. The standard InChI is InChI=1S/C20H20ClFN4OS/c1-12(2)13-4-6-14(7-5-13)19-24-25-20(26(19)3)28-11-18(27)23-15-8-9-17(22)16(21)10-15/h4-10,12H,11H2,1-3H3,(H,23,27). The predicted molar refractivity (Wildman–Crippen MR) is 111 cm³/mol. The normalized spacial score (nSPS) is 11.1. The molecule has 0 radical (unpaired) electrons. The van der Waals surface area contributed by atoms with Gasteiger partial charge in [-0.25, -0.2) is 4.39 Å². The Balaban J connectivity index is 1.63. The molecule has 1 aromatic heterocycles. The summed E-state index contributed by atoms with van der Waals surface area (Å²) < 4.78 is 15.0. The lowest BCUT2D eigenvalue weighted by atomic mass is 10.0. The number of hydrogen-bond donors (Lipinski definition) is 1. The first-order valence-electron chi connectivity index (χ1n) is 8.72. The zero-order chi connectivity index (χ0) is 20.3. The van der Waals surface area contributed by atoms with Gasteiger partial charge in [-0.3, -0.25) is 4.79 Å². The van der Waals surface area contributed by atoms with Crippen LogP contribution in [0.15, 0.2) is 47.6 Å². The average Bonchev–Trinajstić information content (AvgIpc) is 3.03. The Labute approximate surface area is 172 Å². The Kier molecular flexibility index (Phi) is 6.36. The van der Waals surface area contributed by atoms with E-state index in [2.05, 4.69) is 41.5 Å². The Morgan fingerprint density at radius 2 is 1.93 bits per heavy atom. The van der Waals surface area contributed by atoms with Gasteiger partial charge in [-0.15, -0.1) is 10.2 Å². The van der Waals surface area contributed by atoms with E-state index in [1.165, 1.54) is 35.5 Å². The fraction of sp³-hybridized carbons (Fsp3) is 0.250. The molecule has 1 amide bonds. The number of benzene rings is 2. The number of halogens is 2. The van der Waals surface area contributed by atoms with Gasteiger partial charge in [0.2, 0.25) is 5.91 Å². The highest BCUT2D eigenvalue weighted by atomic mass is 35.5. The van der Waals surface area contributed by atoms with Crippen LogP contribution in [0.25, 0.3) is 11.4 Å². The van der Waals surface area contributed by atoms with E-state index >= 15 is 0 Å². The summed E-state index contributed by atoms with van der Waals surface area (Å²) in [6.45, 7) is 4.30. The molecule has 28 heavy (non-hydrogen) atoms. The molecule has 0 saturated carbocycles. The molecule has 0 saturated heterocycles. The quantitative estimate of drug-likeness (QED) is 0.564. The molecule has 5 nitrogen and oxygen atoms in total. The van der Waals surface area contributed by atoms with Crippen LogP contribution in [0.2, 0.25) is 5.02 Å². The van der Waals surface area contributed by atoms with E-state index in [4.69, 9.17) is 11.6 Å². The summed E-state index contributed by atoms with van der Waals surface area (Å²) in [5.74, 6) is 0.589. The summed E-state index contributed by atoms with van der Waals surface area (Å²) in [7, 11) is 1.87. The first-order chi connectivity index (χ1) is 13.3. The fourth-order valence-corrected chi connectivity index (χ4v) is 3.50. The molecule has 0 spiro atoms. The first kappa shape index (κ1) is 20.4. The van der Waals surface area contributed by atoms with Crippen molar-refractivity contribution in [1.82, 2.24) is 14.8 Å². The molecule has 2 aromatic carbocycles. The number of nitrogens with one attached hydrogen (secondary N) is 1. The van der Waals surface area contributed by atoms with Crippen LogP contribution < -0.4 is 5.32 Å². The van der Waals surface area contributed by atoms with Crippen LogP contribution in [0.5, 0.6) is 0 Å². The van der Waals surface area contributed by atoms with Gasteiger partial charge < -0.3 is 9.88 Å². The van der Waals surface area contributed by atoms with Gasteiger partial charge in [0, 0.05) is 18.3 Å². The van der Waals surface area contributed by atoms with E-state index in [1.807, 2.05) is 23.7 Å². The van der Waals surface area contributed by atoms with Crippen molar-refractivity contribution in [1.29, 1.82) is 0 Å². The van der Waals surface area contributed by atoms with E-state index in [1.54, 1.807) is 0 Å². The summed E-state index contributed by atoms with van der Waals surface area (Å²) in [6, 6.07) is 12.3. The zero-order valence-electron chi connectivity index (χ0n) is 15.7. The second-order valence-corrected chi connectivity index (χ2v) is 7.96. The van der Waals surface area contributed by atoms with Crippen LogP contribution in [0, 0.1) is 5.82 Å². The number of aromatic nitrogens is 3. The van der Waals surface area contributed by atoms with Crippen molar-refractivity contribution < 1.29 is 9.18 Å². The van der Waals surface area contributed by atoms with Crippen molar-refractivity contribution in [3.63, 3.8) is 0 Å². The zero-order valence-corrected chi connectivity index (χ0v) is 17.3. The van der Waals surface area contributed by atoms with E-state index < -0.39 is 5.82 Å². The topological polar surface area (TPSA) is 59.8 Å². The Hall–Kier alpha value is -2.38. The maximum atomic E-state index is 13.2.